The van der Waals surface area contributed by atoms with Crippen LogP contribution in [-0.4, -0.2) is 47.3 Å². The number of piperazine rings is 1. The van der Waals surface area contributed by atoms with Crippen molar-refractivity contribution >= 4 is 11.8 Å². The molecule has 6 nitrogen and oxygen atoms in total. The van der Waals surface area contributed by atoms with Crippen LogP contribution < -0.4 is 11.5 Å². The molecule has 0 saturated carbocycles. The summed E-state index contributed by atoms with van der Waals surface area (Å²) in [4.78, 5) is 27.5. The minimum Gasteiger partial charge on any atom is -0.366 e. The normalized spacial score (nSPS) is 18.3. The van der Waals surface area contributed by atoms with Gasteiger partial charge in [-0.1, -0.05) is 24.3 Å². The van der Waals surface area contributed by atoms with Crippen molar-refractivity contribution in [2.75, 3.05) is 19.6 Å². The summed E-state index contributed by atoms with van der Waals surface area (Å²) >= 11 is 0. The number of rotatable bonds is 6. The molecule has 1 saturated heterocycles. The molecule has 2 aromatic carbocycles. The summed E-state index contributed by atoms with van der Waals surface area (Å²) in [5.74, 6) is -0.791. The molecule has 27 heavy (non-hydrogen) atoms. The van der Waals surface area contributed by atoms with Gasteiger partial charge in [0.2, 0.25) is 11.8 Å². The fourth-order valence-corrected chi connectivity index (χ4v) is 3.59. The SMILES string of the molecule is CC1CN(Cc2cccc(C(N)=O)c2)CCN1Cc1cccc(C(N)=O)c1. The van der Waals surface area contributed by atoms with Gasteiger partial charge in [0.05, 0.1) is 0 Å². The molecule has 6 heteroatoms. The van der Waals surface area contributed by atoms with E-state index in [0.29, 0.717) is 17.2 Å². The van der Waals surface area contributed by atoms with Gasteiger partial charge < -0.3 is 11.5 Å². The first-order chi connectivity index (χ1) is 12.9. The molecule has 1 aliphatic rings. The number of nitrogens with zero attached hydrogens (tertiary/aromatic N) is 2. The molecule has 1 heterocycles. The lowest BCUT2D eigenvalue weighted by molar-refractivity contribution is 0.0732. The second kappa shape index (κ2) is 8.33. The van der Waals surface area contributed by atoms with E-state index in [0.717, 1.165) is 43.9 Å². The monoisotopic (exact) mass is 366 g/mol. The number of benzene rings is 2. The lowest BCUT2D eigenvalue weighted by Gasteiger charge is -2.40. The van der Waals surface area contributed by atoms with Crippen LogP contribution in [0.4, 0.5) is 0 Å². The van der Waals surface area contributed by atoms with Crippen LogP contribution in [-0.2, 0) is 13.1 Å². The predicted molar refractivity (Wildman–Crippen MR) is 105 cm³/mol. The van der Waals surface area contributed by atoms with Crippen molar-refractivity contribution in [3.63, 3.8) is 0 Å². The van der Waals surface area contributed by atoms with E-state index >= 15 is 0 Å². The Labute approximate surface area is 159 Å². The van der Waals surface area contributed by atoms with Crippen molar-refractivity contribution < 1.29 is 9.59 Å². The Morgan fingerprint density at radius 1 is 0.926 bits per heavy atom. The Balaban J connectivity index is 1.59. The second-order valence-corrected chi connectivity index (χ2v) is 7.18. The first-order valence-corrected chi connectivity index (χ1v) is 9.16. The van der Waals surface area contributed by atoms with Gasteiger partial charge in [0.25, 0.3) is 0 Å². The van der Waals surface area contributed by atoms with E-state index in [-0.39, 0.29) is 0 Å². The minimum atomic E-state index is -0.395. The van der Waals surface area contributed by atoms with Crippen molar-refractivity contribution in [1.29, 1.82) is 0 Å². The van der Waals surface area contributed by atoms with E-state index in [9.17, 15) is 9.59 Å². The minimum absolute atomic E-state index is 0.385. The fourth-order valence-electron chi connectivity index (χ4n) is 3.59. The number of amides is 2. The zero-order valence-electron chi connectivity index (χ0n) is 15.6. The first-order valence-electron chi connectivity index (χ1n) is 9.16. The predicted octanol–water partition coefficient (Wildman–Crippen LogP) is 1.59. The third kappa shape index (κ3) is 4.93. The maximum atomic E-state index is 11.4. The van der Waals surface area contributed by atoms with Gasteiger partial charge in [-0.2, -0.15) is 0 Å². The van der Waals surface area contributed by atoms with E-state index in [1.807, 2.05) is 36.4 Å². The fraction of sp³-hybridized carbons (Fsp3) is 0.333. The summed E-state index contributed by atoms with van der Waals surface area (Å²) in [6.07, 6.45) is 0. The van der Waals surface area contributed by atoms with E-state index in [2.05, 4.69) is 16.7 Å². The van der Waals surface area contributed by atoms with E-state index in [1.165, 1.54) is 0 Å². The molecular formula is C21H26N4O2. The Bertz CT molecular complexity index is 836. The molecule has 0 bridgehead atoms. The zero-order valence-corrected chi connectivity index (χ0v) is 15.6. The Kier molecular flexibility index (Phi) is 5.88. The van der Waals surface area contributed by atoms with Gasteiger partial charge in [-0.25, -0.2) is 0 Å². The highest BCUT2D eigenvalue weighted by molar-refractivity contribution is 5.93. The average Bonchev–Trinajstić information content (AvgIpc) is 2.64. The van der Waals surface area contributed by atoms with Gasteiger partial charge in [-0.3, -0.25) is 19.4 Å². The van der Waals surface area contributed by atoms with Gasteiger partial charge in [0.15, 0.2) is 0 Å². The number of nitrogens with two attached hydrogens (primary N) is 2. The molecule has 1 fully saturated rings. The number of carbonyl (C=O) groups is 2. The number of hydrogen-bond acceptors (Lipinski definition) is 4. The first kappa shape index (κ1) is 19.1. The lowest BCUT2D eigenvalue weighted by Crippen LogP contribution is -2.50. The maximum absolute atomic E-state index is 11.4. The van der Waals surface area contributed by atoms with Crippen molar-refractivity contribution in [2.45, 2.75) is 26.1 Å². The molecule has 3 rings (SSSR count). The Morgan fingerprint density at radius 2 is 1.48 bits per heavy atom. The van der Waals surface area contributed by atoms with Gasteiger partial charge in [0, 0.05) is 49.9 Å². The summed E-state index contributed by atoms with van der Waals surface area (Å²) < 4.78 is 0. The summed E-state index contributed by atoms with van der Waals surface area (Å²) in [6, 6.07) is 15.4. The van der Waals surface area contributed by atoms with Gasteiger partial charge >= 0.3 is 0 Å². The second-order valence-electron chi connectivity index (χ2n) is 7.18. The van der Waals surface area contributed by atoms with E-state index in [1.54, 1.807) is 12.1 Å². The molecule has 0 spiro atoms. The van der Waals surface area contributed by atoms with Crippen molar-refractivity contribution in [3.8, 4) is 0 Å². The molecule has 0 aliphatic carbocycles. The Morgan fingerprint density at radius 3 is 2.00 bits per heavy atom. The lowest BCUT2D eigenvalue weighted by atomic mass is 10.1. The molecule has 1 unspecified atom stereocenters. The molecule has 1 aliphatic heterocycles. The topological polar surface area (TPSA) is 92.7 Å². The van der Waals surface area contributed by atoms with Crippen LogP contribution in [0.15, 0.2) is 48.5 Å². The summed E-state index contributed by atoms with van der Waals surface area (Å²) in [6.45, 7) is 6.64. The van der Waals surface area contributed by atoms with Crippen LogP contribution in [0.3, 0.4) is 0 Å². The highest BCUT2D eigenvalue weighted by Crippen LogP contribution is 2.17. The molecule has 0 radical (unpaired) electrons. The molecule has 4 N–H and O–H groups in total. The van der Waals surface area contributed by atoms with Crippen molar-refractivity contribution in [2.24, 2.45) is 11.5 Å². The smallest absolute Gasteiger partial charge is 0.248 e. The molecule has 1 atom stereocenters. The quantitative estimate of drug-likeness (QED) is 0.812. The molecule has 0 aromatic heterocycles. The summed E-state index contributed by atoms with van der Waals surface area (Å²) in [7, 11) is 0. The van der Waals surface area contributed by atoms with E-state index < -0.39 is 11.8 Å². The molecule has 2 amide bonds. The highest BCUT2D eigenvalue weighted by atomic mass is 16.1. The standard InChI is InChI=1S/C21H26N4O2/c1-15-12-24(13-16-4-2-6-18(10-16)20(22)26)8-9-25(15)14-17-5-3-7-19(11-17)21(23)27/h2-7,10-11,15H,8-9,12-14H2,1H3,(H2,22,26)(H2,23,27). The molecule has 2 aromatic rings. The third-order valence-electron chi connectivity index (χ3n) is 5.06. The zero-order chi connectivity index (χ0) is 19.4. The van der Waals surface area contributed by atoms with Gasteiger partial charge in [0.1, 0.15) is 0 Å². The van der Waals surface area contributed by atoms with Crippen LogP contribution in [0.5, 0.6) is 0 Å². The maximum Gasteiger partial charge on any atom is 0.248 e. The van der Waals surface area contributed by atoms with Crippen LogP contribution in [0.25, 0.3) is 0 Å². The van der Waals surface area contributed by atoms with Crippen LogP contribution >= 0.6 is 0 Å². The number of carbonyl (C=O) groups excluding carboxylic acids is 2. The van der Waals surface area contributed by atoms with Crippen LogP contribution in [0.2, 0.25) is 0 Å². The average molecular weight is 366 g/mol. The van der Waals surface area contributed by atoms with Gasteiger partial charge in [-0.15, -0.1) is 0 Å². The van der Waals surface area contributed by atoms with Crippen molar-refractivity contribution in [3.05, 3.63) is 70.8 Å². The highest BCUT2D eigenvalue weighted by Gasteiger charge is 2.24. The van der Waals surface area contributed by atoms with E-state index in [4.69, 9.17) is 11.5 Å². The van der Waals surface area contributed by atoms with Crippen LogP contribution in [0.1, 0.15) is 38.8 Å². The van der Waals surface area contributed by atoms with Gasteiger partial charge in [-0.05, 0) is 42.3 Å². The molecule has 142 valence electrons. The third-order valence-corrected chi connectivity index (χ3v) is 5.06. The number of hydrogen-bond donors (Lipinski definition) is 2. The largest absolute Gasteiger partial charge is 0.366 e. The summed E-state index contributed by atoms with van der Waals surface area (Å²) in [5.41, 5.74) is 14.0. The van der Waals surface area contributed by atoms with Crippen LogP contribution in [0, 0.1) is 0 Å². The Hall–Kier alpha value is -2.70. The number of primary amides is 2. The summed E-state index contributed by atoms with van der Waals surface area (Å²) in [5, 5.41) is 0. The van der Waals surface area contributed by atoms with Crippen molar-refractivity contribution in [1.82, 2.24) is 9.80 Å². The molecular weight excluding hydrogens is 340 g/mol.